The summed E-state index contributed by atoms with van der Waals surface area (Å²) < 4.78 is 10.4. The zero-order valence-corrected chi connectivity index (χ0v) is 16.4. The average molecular weight is 375 g/mol. The normalized spacial score (nSPS) is 19.4. The van der Waals surface area contributed by atoms with Crippen molar-refractivity contribution in [1.29, 1.82) is 0 Å². The molecule has 0 radical (unpaired) electrons. The van der Waals surface area contributed by atoms with Crippen LogP contribution in [0.15, 0.2) is 24.3 Å². The fraction of sp³-hybridized carbons (Fsp3) is 0.571. The second kappa shape index (κ2) is 10.1. The number of rotatable bonds is 8. The van der Waals surface area contributed by atoms with Crippen LogP contribution in [0.25, 0.3) is 0 Å². The van der Waals surface area contributed by atoms with E-state index in [4.69, 9.17) is 9.47 Å². The summed E-state index contributed by atoms with van der Waals surface area (Å²) in [6, 6.07) is 7.16. The SMILES string of the molecule is CCOc1ccc(C(=O)CCC(=O)OCC(=O)N2C(C)CCCC2C)cc1. The minimum absolute atomic E-state index is 0.0373. The van der Waals surface area contributed by atoms with Crippen LogP contribution < -0.4 is 4.74 Å². The smallest absolute Gasteiger partial charge is 0.306 e. The average Bonchev–Trinajstić information content (AvgIpc) is 2.65. The Hall–Kier alpha value is -2.37. The molecule has 1 fully saturated rings. The van der Waals surface area contributed by atoms with Gasteiger partial charge in [-0.2, -0.15) is 0 Å². The predicted molar refractivity (Wildman–Crippen MR) is 102 cm³/mol. The van der Waals surface area contributed by atoms with Crippen molar-refractivity contribution in [3.63, 3.8) is 0 Å². The molecule has 1 saturated heterocycles. The Morgan fingerprint density at radius 1 is 1.04 bits per heavy atom. The van der Waals surface area contributed by atoms with Gasteiger partial charge in [0.05, 0.1) is 13.0 Å². The van der Waals surface area contributed by atoms with Gasteiger partial charge in [0, 0.05) is 24.1 Å². The molecule has 2 unspecified atom stereocenters. The van der Waals surface area contributed by atoms with Crippen LogP contribution in [0, 0.1) is 0 Å². The predicted octanol–water partition coefficient (Wildman–Crippen LogP) is 3.38. The number of benzene rings is 1. The van der Waals surface area contributed by atoms with Crippen LogP contribution in [-0.2, 0) is 14.3 Å². The zero-order valence-electron chi connectivity index (χ0n) is 16.4. The Balaban J connectivity index is 1.75. The molecule has 2 rings (SSSR count). The first-order chi connectivity index (χ1) is 12.9. The third-order valence-electron chi connectivity index (χ3n) is 4.88. The first-order valence-corrected chi connectivity index (χ1v) is 9.65. The van der Waals surface area contributed by atoms with Crippen molar-refractivity contribution in [2.75, 3.05) is 13.2 Å². The number of likely N-dealkylation sites (tertiary alicyclic amines) is 1. The van der Waals surface area contributed by atoms with Crippen LogP contribution in [0.2, 0.25) is 0 Å². The van der Waals surface area contributed by atoms with Gasteiger partial charge >= 0.3 is 5.97 Å². The van der Waals surface area contributed by atoms with Gasteiger partial charge in [0.25, 0.3) is 5.91 Å². The second-order valence-corrected chi connectivity index (χ2v) is 6.97. The first-order valence-electron chi connectivity index (χ1n) is 9.65. The minimum Gasteiger partial charge on any atom is -0.494 e. The number of carbonyl (C=O) groups excluding carboxylic acids is 3. The molecule has 1 aromatic carbocycles. The summed E-state index contributed by atoms with van der Waals surface area (Å²) in [5.74, 6) is -0.131. The Morgan fingerprint density at radius 3 is 2.26 bits per heavy atom. The number of nitrogens with zero attached hydrogens (tertiary/aromatic N) is 1. The van der Waals surface area contributed by atoms with Crippen LogP contribution in [0.4, 0.5) is 0 Å². The lowest BCUT2D eigenvalue weighted by molar-refractivity contribution is -0.154. The van der Waals surface area contributed by atoms with Crippen molar-refractivity contribution in [1.82, 2.24) is 4.90 Å². The maximum atomic E-state index is 12.3. The molecule has 1 aliphatic heterocycles. The van der Waals surface area contributed by atoms with Crippen LogP contribution >= 0.6 is 0 Å². The maximum Gasteiger partial charge on any atom is 0.306 e. The molecule has 0 aromatic heterocycles. The van der Waals surface area contributed by atoms with Crippen molar-refractivity contribution >= 4 is 17.7 Å². The summed E-state index contributed by atoms with van der Waals surface area (Å²) in [6.07, 6.45) is 3.07. The highest BCUT2D eigenvalue weighted by atomic mass is 16.5. The lowest BCUT2D eigenvalue weighted by atomic mass is 9.97. The van der Waals surface area contributed by atoms with Crippen LogP contribution in [0.5, 0.6) is 5.75 Å². The van der Waals surface area contributed by atoms with Crippen LogP contribution in [0.1, 0.15) is 63.2 Å². The van der Waals surface area contributed by atoms with E-state index >= 15 is 0 Å². The van der Waals surface area contributed by atoms with Crippen molar-refractivity contribution in [2.45, 2.75) is 65.0 Å². The third-order valence-corrected chi connectivity index (χ3v) is 4.88. The van der Waals surface area contributed by atoms with E-state index in [1.54, 1.807) is 24.3 Å². The molecular weight excluding hydrogens is 346 g/mol. The molecule has 1 heterocycles. The molecule has 6 nitrogen and oxygen atoms in total. The monoisotopic (exact) mass is 375 g/mol. The first kappa shape index (κ1) is 20.9. The number of esters is 1. The molecule has 0 aliphatic carbocycles. The largest absolute Gasteiger partial charge is 0.494 e. The number of hydrogen-bond acceptors (Lipinski definition) is 5. The lowest BCUT2D eigenvalue weighted by Crippen LogP contribution is -2.49. The molecule has 27 heavy (non-hydrogen) atoms. The Kier molecular flexibility index (Phi) is 7.82. The zero-order chi connectivity index (χ0) is 19.8. The van der Waals surface area contributed by atoms with E-state index in [1.807, 2.05) is 25.7 Å². The van der Waals surface area contributed by atoms with E-state index in [9.17, 15) is 14.4 Å². The van der Waals surface area contributed by atoms with E-state index in [1.165, 1.54) is 0 Å². The molecule has 148 valence electrons. The van der Waals surface area contributed by atoms with Crippen molar-refractivity contribution in [3.05, 3.63) is 29.8 Å². The molecule has 1 amide bonds. The van der Waals surface area contributed by atoms with Gasteiger partial charge in [0.15, 0.2) is 12.4 Å². The summed E-state index contributed by atoms with van der Waals surface area (Å²) in [5, 5.41) is 0. The summed E-state index contributed by atoms with van der Waals surface area (Å²) in [5.41, 5.74) is 0.526. The topological polar surface area (TPSA) is 72.9 Å². The summed E-state index contributed by atoms with van der Waals surface area (Å²) in [6.45, 7) is 6.23. The third kappa shape index (κ3) is 6.08. The summed E-state index contributed by atoms with van der Waals surface area (Å²) in [4.78, 5) is 38.2. The fourth-order valence-corrected chi connectivity index (χ4v) is 3.47. The van der Waals surface area contributed by atoms with Crippen molar-refractivity contribution in [2.24, 2.45) is 0 Å². The van der Waals surface area contributed by atoms with Gasteiger partial charge in [-0.1, -0.05) is 0 Å². The van der Waals surface area contributed by atoms with Gasteiger partial charge in [-0.25, -0.2) is 0 Å². The van der Waals surface area contributed by atoms with Crippen LogP contribution in [0.3, 0.4) is 0 Å². The van der Waals surface area contributed by atoms with E-state index in [2.05, 4.69) is 0 Å². The van der Waals surface area contributed by atoms with Crippen molar-refractivity contribution < 1.29 is 23.9 Å². The van der Waals surface area contributed by atoms with Gasteiger partial charge in [-0.3, -0.25) is 14.4 Å². The number of piperidine rings is 1. The number of Topliss-reactive ketones (excluding diaryl/α,β-unsaturated/α-hetero) is 1. The molecule has 0 saturated carbocycles. The molecule has 1 aliphatic rings. The molecule has 6 heteroatoms. The number of ether oxygens (including phenoxy) is 2. The highest BCUT2D eigenvalue weighted by Crippen LogP contribution is 2.22. The Labute approximate surface area is 160 Å². The number of hydrogen-bond donors (Lipinski definition) is 0. The molecular formula is C21H29NO5. The quantitative estimate of drug-likeness (QED) is 0.514. The van der Waals surface area contributed by atoms with E-state index in [-0.39, 0.29) is 43.2 Å². The number of carbonyl (C=O) groups is 3. The summed E-state index contributed by atoms with van der Waals surface area (Å²) in [7, 11) is 0. The maximum absolute atomic E-state index is 12.3. The van der Waals surface area contributed by atoms with Gasteiger partial charge in [-0.05, 0) is 64.3 Å². The van der Waals surface area contributed by atoms with E-state index < -0.39 is 5.97 Å². The number of amides is 1. The lowest BCUT2D eigenvalue weighted by Gasteiger charge is -2.38. The Bertz CT molecular complexity index is 645. The highest BCUT2D eigenvalue weighted by molar-refractivity contribution is 5.97. The van der Waals surface area contributed by atoms with Crippen LogP contribution in [-0.4, -0.2) is 47.9 Å². The van der Waals surface area contributed by atoms with E-state index in [0.29, 0.717) is 17.9 Å². The van der Waals surface area contributed by atoms with Gasteiger partial charge in [0.1, 0.15) is 5.75 Å². The number of ketones is 1. The summed E-state index contributed by atoms with van der Waals surface area (Å²) >= 11 is 0. The second-order valence-electron chi connectivity index (χ2n) is 6.97. The molecule has 0 spiro atoms. The molecule has 0 N–H and O–H groups in total. The van der Waals surface area contributed by atoms with Gasteiger partial charge < -0.3 is 14.4 Å². The minimum atomic E-state index is -0.528. The van der Waals surface area contributed by atoms with Gasteiger partial charge in [-0.15, -0.1) is 0 Å². The van der Waals surface area contributed by atoms with Crippen molar-refractivity contribution in [3.8, 4) is 5.75 Å². The standard InChI is InChI=1S/C21H29NO5/c1-4-26-18-10-8-17(9-11-18)19(23)12-13-21(25)27-14-20(24)22-15(2)6-5-7-16(22)3/h8-11,15-16H,4-7,12-14H2,1-3H3. The van der Waals surface area contributed by atoms with Gasteiger partial charge in [0.2, 0.25) is 0 Å². The molecule has 1 aromatic rings. The fourth-order valence-electron chi connectivity index (χ4n) is 3.47. The highest BCUT2D eigenvalue weighted by Gasteiger charge is 2.29. The Morgan fingerprint density at radius 2 is 1.67 bits per heavy atom. The molecule has 0 bridgehead atoms. The molecule has 2 atom stereocenters. The van der Waals surface area contributed by atoms with E-state index in [0.717, 1.165) is 19.3 Å².